The van der Waals surface area contributed by atoms with Crippen molar-refractivity contribution in [2.75, 3.05) is 7.11 Å². The number of fused-ring (bicyclic) bond motifs is 1. The first-order valence-electron chi connectivity index (χ1n) is 7.49. The number of carbonyl (C=O) groups is 1. The molecular weight excluding hydrogens is 328 g/mol. The van der Waals surface area contributed by atoms with Crippen LogP contribution in [0.15, 0.2) is 40.4 Å². The van der Waals surface area contributed by atoms with E-state index in [-0.39, 0.29) is 11.0 Å². The van der Waals surface area contributed by atoms with Crippen LogP contribution in [-0.4, -0.2) is 32.9 Å². The predicted octanol–water partition coefficient (Wildman–Crippen LogP) is 2.76. The maximum absolute atomic E-state index is 12.9. The summed E-state index contributed by atoms with van der Waals surface area (Å²) in [6, 6.07) is 5.17. The molecule has 3 rings (SSSR count). The van der Waals surface area contributed by atoms with Crippen LogP contribution in [0.25, 0.3) is 5.76 Å². The van der Waals surface area contributed by atoms with Crippen LogP contribution in [0.4, 0.5) is 0 Å². The van der Waals surface area contributed by atoms with Gasteiger partial charge in [-0.3, -0.25) is 9.36 Å². The van der Waals surface area contributed by atoms with Crippen LogP contribution in [0.5, 0.6) is 5.75 Å². The molecule has 0 N–H and O–H groups in total. The lowest BCUT2D eigenvalue weighted by molar-refractivity contribution is 0.0958. The second-order valence-electron chi connectivity index (χ2n) is 5.61. The highest BCUT2D eigenvalue weighted by atomic mass is 32.2. The van der Waals surface area contributed by atoms with Gasteiger partial charge in [-0.25, -0.2) is 9.19 Å². The molecule has 0 radical (unpaired) electrons. The molecule has 1 aliphatic heterocycles. The maximum atomic E-state index is 12.9. The highest BCUT2D eigenvalue weighted by molar-refractivity contribution is 7.90. The number of rotatable bonds is 4. The van der Waals surface area contributed by atoms with Gasteiger partial charge in [-0.1, -0.05) is 0 Å². The number of carbonyl (C=O) groups excluding carboxylic acids is 1. The largest absolute Gasteiger partial charge is 0.497 e. The predicted molar refractivity (Wildman–Crippen MR) is 90.1 cm³/mol. The Bertz CT molecular complexity index is 867. The standard InChI is InChI=1S/C17H18N2O4S/c1-10(2)23-15-13-9-12(22-4)5-6-14(13)24(21)16(15)17(20)19-8-7-18-11(19)3/h5-10H,1-4H3. The lowest BCUT2D eigenvalue weighted by Gasteiger charge is -2.13. The summed E-state index contributed by atoms with van der Waals surface area (Å²) in [5.74, 6) is 1.09. The third-order valence-corrected chi connectivity index (χ3v) is 5.10. The monoisotopic (exact) mass is 346 g/mol. The topological polar surface area (TPSA) is 70.4 Å². The van der Waals surface area contributed by atoms with Crippen LogP contribution in [-0.2, 0) is 15.5 Å². The quantitative estimate of drug-likeness (QED) is 0.851. The van der Waals surface area contributed by atoms with Crippen molar-refractivity contribution in [3.05, 3.63) is 46.9 Å². The number of benzene rings is 1. The Morgan fingerprint density at radius 2 is 2.08 bits per heavy atom. The van der Waals surface area contributed by atoms with Gasteiger partial charge in [-0.05, 0) is 39.0 Å². The SMILES string of the molecule is COc1ccc2c(c1)C(OC(C)C)=C(C(=O)n1ccnc1C)S2=O. The molecule has 0 amide bonds. The van der Waals surface area contributed by atoms with E-state index in [0.717, 1.165) is 0 Å². The lowest BCUT2D eigenvalue weighted by atomic mass is 10.1. The average Bonchev–Trinajstić information content (AvgIpc) is 3.08. The number of allylic oxidation sites excluding steroid dienone is 1. The van der Waals surface area contributed by atoms with Crippen molar-refractivity contribution >= 4 is 22.5 Å². The molecule has 6 nitrogen and oxygen atoms in total. The number of aromatic nitrogens is 2. The molecule has 2 heterocycles. The van der Waals surface area contributed by atoms with E-state index < -0.39 is 16.7 Å². The van der Waals surface area contributed by atoms with E-state index in [1.54, 1.807) is 38.4 Å². The van der Waals surface area contributed by atoms with Gasteiger partial charge < -0.3 is 9.47 Å². The molecule has 1 aromatic carbocycles. The van der Waals surface area contributed by atoms with E-state index >= 15 is 0 Å². The maximum Gasteiger partial charge on any atom is 0.276 e. The van der Waals surface area contributed by atoms with Crippen LogP contribution >= 0.6 is 0 Å². The Balaban J connectivity index is 2.18. The number of nitrogens with zero attached hydrogens (tertiary/aromatic N) is 2. The van der Waals surface area contributed by atoms with Gasteiger partial charge in [-0.2, -0.15) is 0 Å². The Kier molecular flexibility index (Phi) is 4.28. The first-order valence-corrected chi connectivity index (χ1v) is 8.64. The molecule has 1 aliphatic rings. The van der Waals surface area contributed by atoms with E-state index in [2.05, 4.69) is 4.98 Å². The van der Waals surface area contributed by atoms with Gasteiger partial charge in [-0.15, -0.1) is 0 Å². The van der Waals surface area contributed by atoms with Gasteiger partial charge in [0.05, 0.1) is 28.9 Å². The molecule has 126 valence electrons. The van der Waals surface area contributed by atoms with Crippen LogP contribution in [0, 0.1) is 6.92 Å². The van der Waals surface area contributed by atoms with Gasteiger partial charge in [0.15, 0.2) is 4.91 Å². The van der Waals surface area contributed by atoms with E-state index in [1.165, 1.54) is 10.8 Å². The number of hydrogen-bond donors (Lipinski definition) is 0. The van der Waals surface area contributed by atoms with E-state index in [4.69, 9.17) is 9.47 Å². The molecule has 0 spiro atoms. The van der Waals surface area contributed by atoms with Gasteiger partial charge >= 0.3 is 0 Å². The molecule has 0 bridgehead atoms. The zero-order valence-electron chi connectivity index (χ0n) is 13.9. The van der Waals surface area contributed by atoms with Crippen molar-refractivity contribution in [2.24, 2.45) is 0 Å². The summed E-state index contributed by atoms with van der Waals surface area (Å²) in [5.41, 5.74) is 0.627. The highest BCUT2D eigenvalue weighted by Crippen LogP contribution is 2.40. The molecule has 0 aliphatic carbocycles. The van der Waals surface area contributed by atoms with Crippen LogP contribution in [0.1, 0.15) is 30.0 Å². The normalized spacial score (nSPS) is 16.5. The molecule has 1 atom stereocenters. The van der Waals surface area contributed by atoms with Gasteiger partial charge in [0.25, 0.3) is 5.91 Å². The van der Waals surface area contributed by atoms with Crippen LogP contribution < -0.4 is 4.74 Å². The molecule has 0 saturated heterocycles. The Labute approximate surface area is 142 Å². The third kappa shape index (κ3) is 2.65. The fourth-order valence-electron chi connectivity index (χ4n) is 2.52. The fourth-order valence-corrected chi connectivity index (χ4v) is 3.87. The molecule has 7 heteroatoms. The van der Waals surface area contributed by atoms with E-state index in [1.807, 2.05) is 13.8 Å². The number of imidazole rings is 1. The molecule has 1 unspecified atom stereocenters. The summed E-state index contributed by atoms with van der Waals surface area (Å²) in [7, 11) is -0.0576. The van der Waals surface area contributed by atoms with E-state index in [0.29, 0.717) is 27.8 Å². The molecular formula is C17H18N2O4S. The van der Waals surface area contributed by atoms with Gasteiger partial charge in [0.1, 0.15) is 17.3 Å². The minimum absolute atomic E-state index is 0.132. The Morgan fingerprint density at radius 3 is 2.67 bits per heavy atom. The van der Waals surface area contributed by atoms with E-state index in [9.17, 15) is 9.00 Å². The fraction of sp³-hybridized carbons (Fsp3) is 0.294. The number of hydrogen-bond acceptors (Lipinski definition) is 5. The lowest BCUT2D eigenvalue weighted by Crippen LogP contribution is -2.17. The molecule has 0 saturated carbocycles. The average molecular weight is 346 g/mol. The summed E-state index contributed by atoms with van der Waals surface area (Å²) in [6.07, 6.45) is 2.92. The van der Waals surface area contributed by atoms with Crippen molar-refractivity contribution in [1.29, 1.82) is 0 Å². The minimum atomic E-state index is -1.61. The first kappa shape index (κ1) is 16.4. The Hall–Kier alpha value is -2.41. The molecule has 24 heavy (non-hydrogen) atoms. The second kappa shape index (κ2) is 6.24. The molecule has 2 aromatic rings. The van der Waals surface area contributed by atoms with Crippen LogP contribution in [0.2, 0.25) is 0 Å². The van der Waals surface area contributed by atoms with Crippen molar-refractivity contribution in [1.82, 2.24) is 9.55 Å². The number of methoxy groups -OCH3 is 1. The smallest absolute Gasteiger partial charge is 0.276 e. The molecule has 0 fully saturated rings. The Morgan fingerprint density at radius 1 is 1.33 bits per heavy atom. The highest BCUT2D eigenvalue weighted by Gasteiger charge is 2.36. The second-order valence-corrected chi connectivity index (χ2v) is 6.99. The zero-order chi connectivity index (χ0) is 17.4. The summed E-state index contributed by atoms with van der Waals surface area (Å²) in [6.45, 7) is 5.44. The number of aryl methyl sites for hydroxylation is 1. The first-order chi connectivity index (χ1) is 11.4. The summed E-state index contributed by atoms with van der Waals surface area (Å²) >= 11 is 0. The summed E-state index contributed by atoms with van der Waals surface area (Å²) < 4.78 is 25.4. The minimum Gasteiger partial charge on any atom is -0.497 e. The van der Waals surface area contributed by atoms with Gasteiger partial charge in [0, 0.05) is 18.0 Å². The van der Waals surface area contributed by atoms with Crippen molar-refractivity contribution in [2.45, 2.75) is 31.8 Å². The third-order valence-electron chi connectivity index (χ3n) is 3.62. The summed E-state index contributed by atoms with van der Waals surface area (Å²) in [5, 5.41) is 0. The van der Waals surface area contributed by atoms with Crippen molar-refractivity contribution in [3.8, 4) is 5.75 Å². The van der Waals surface area contributed by atoms with Gasteiger partial charge in [0.2, 0.25) is 0 Å². The molecule has 1 aromatic heterocycles. The van der Waals surface area contributed by atoms with Crippen molar-refractivity contribution in [3.63, 3.8) is 0 Å². The zero-order valence-corrected chi connectivity index (χ0v) is 14.7. The van der Waals surface area contributed by atoms with Crippen LogP contribution in [0.3, 0.4) is 0 Å². The number of ether oxygens (including phenoxy) is 2. The van der Waals surface area contributed by atoms with Crippen molar-refractivity contribution < 1.29 is 18.5 Å². The summed E-state index contributed by atoms with van der Waals surface area (Å²) in [4.78, 5) is 17.7.